The van der Waals surface area contributed by atoms with Crippen LogP contribution in [0.3, 0.4) is 0 Å². The maximum atomic E-state index is 13.8. The first-order valence-corrected chi connectivity index (χ1v) is 17.1. The molecule has 1 aliphatic heterocycles. The fraction of sp³-hybridized carbons (Fsp3) is 0.917. The van der Waals surface area contributed by atoms with E-state index in [2.05, 4.69) is 54.5 Å². The standard InChI is InChI=1S/C36H57FO6/c1-31(2)14-16-36(30(42)29-28(41)27(40)26(39)22(19-37)43-29)17-15-34(6)20(21(36)18-31)8-9-24-33(5)12-11-25(38)32(3,4)23(33)10-13-35(24,34)7/h8,21-24,26-30,39-42H,9-19H2,1-7H3/t21?,22?,23?,24?,26-,27+,28+,29?,30?,33+,34-,35-,36+/m1/s1. The van der Waals surface area contributed by atoms with E-state index in [4.69, 9.17) is 4.74 Å². The number of Topliss-reactive ketones (excluding diaryl/α,β-unsaturated/α-hetero) is 1. The molecule has 5 aliphatic carbocycles. The lowest BCUT2D eigenvalue weighted by Crippen LogP contribution is -2.68. The summed E-state index contributed by atoms with van der Waals surface area (Å²) in [6, 6.07) is 0. The zero-order valence-electron chi connectivity index (χ0n) is 27.5. The number of allylic oxidation sites excluding steroid dienone is 2. The summed E-state index contributed by atoms with van der Waals surface area (Å²) in [6.45, 7) is 15.4. The zero-order chi connectivity index (χ0) is 31.5. The Labute approximate surface area is 257 Å². The van der Waals surface area contributed by atoms with E-state index in [0.717, 1.165) is 57.8 Å². The average molecular weight is 605 g/mol. The van der Waals surface area contributed by atoms with Crippen LogP contribution < -0.4 is 0 Å². The van der Waals surface area contributed by atoms with Crippen LogP contribution in [0.1, 0.15) is 113 Å². The molecule has 0 bridgehead atoms. The molecule has 43 heavy (non-hydrogen) atoms. The number of aliphatic hydroxyl groups is 4. The minimum atomic E-state index is -1.57. The summed E-state index contributed by atoms with van der Waals surface area (Å²) >= 11 is 0. The number of ether oxygens (including phenoxy) is 1. The maximum Gasteiger partial charge on any atom is 0.138 e. The Kier molecular flexibility index (Phi) is 7.51. The van der Waals surface area contributed by atoms with Gasteiger partial charge in [0.1, 0.15) is 43.0 Å². The second-order valence-electron chi connectivity index (χ2n) is 17.8. The third-order valence-corrected chi connectivity index (χ3v) is 15.3. The van der Waals surface area contributed by atoms with Crippen LogP contribution in [0.25, 0.3) is 0 Å². The lowest BCUT2D eigenvalue weighted by atomic mass is 9.33. The quantitative estimate of drug-likeness (QED) is 0.315. The predicted octanol–water partition coefficient (Wildman–Crippen LogP) is 5.54. The van der Waals surface area contributed by atoms with Crippen LogP contribution in [-0.4, -0.2) is 69.5 Å². The first-order chi connectivity index (χ1) is 19.9. The van der Waals surface area contributed by atoms with E-state index in [9.17, 15) is 29.6 Å². The first kappa shape index (κ1) is 32.1. The van der Waals surface area contributed by atoms with Crippen LogP contribution in [-0.2, 0) is 9.53 Å². The molecular weight excluding hydrogens is 547 g/mol. The minimum absolute atomic E-state index is 0.0536. The second kappa shape index (κ2) is 10.1. The van der Waals surface area contributed by atoms with Gasteiger partial charge in [0.05, 0.1) is 6.10 Å². The van der Waals surface area contributed by atoms with E-state index < -0.39 is 48.7 Å². The van der Waals surface area contributed by atoms with Gasteiger partial charge in [-0.05, 0) is 97.2 Å². The van der Waals surface area contributed by atoms with Gasteiger partial charge in [-0.3, -0.25) is 4.79 Å². The van der Waals surface area contributed by atoms with Crippen molar-refractivity contribution in [2.45, 2.75) is 149 Å². The summed E-state index contributed by atoms with van der Waals surface area (Å²) in [6.07, 6.45) is 3.35. The van der Waals surface area contributed by atoms with Crippen LogP contribution >= 0.6 is 0 Å². The number of carbonyl (C=O) groups excluding carboxylic acids is 1. The van der Waals surface area contributed by atoms with Crippen molar-refractivity contribution in [3.05, 3.63) is 11.6 Å². The number of carbonyl (C=O) groups is 1. The Morgan fingerprint density at radius 3 is 2.26 bits per heavy atom. The van der Waals surface area contributed by atoms with Gasteiger partial charge in [-0.25, -0.2) is 4.39 Å². The molecule has 4 saturated carbocycles. The summed E-state index contributed by atoms with van der Waals surface area (Å²) in [5, 5.41) is 44.2. The van der Waals surface area contributed by atoms with Crippen LogP contribution in [0, 0.1) is 50.2 Å². The molecule has 0 radical (unpaired) electrons. The predicted molar refractivity (Wildman–Crippen MR) is 163 cm³/mol. The molecule has 6 rings (SSSR count). The van der Waals surface area contributed by atoms with Gasteiger partial charge in [0.15, 0.2) is 0 Å². The van der Waals surface area contributed by atoms with Gasteiger partial charge in [0.25, 0.3) is 0 Å². The number of rotatable bonds is 3. The van der Waals surface area contributed by atoms with Crippen molar-refractivity contribution in [2.75, 3.05) is 6.67 Å². The highest BCUT2D eigenvalue weighted by Crippen LogP contribution is 2.76. The number of hydrogen-bond donors (Lipinski definition) is 4. The molecular formula is C36H57FO6. The molecule has 6 unspecified atom stereocenters. The molecule has 1 saturated heterocycles. The number of hydrogen-bond acceptors (Lipinski definition) is 6. The Morgan fingerprint density at radius 2 is 1.58 bits per heavy atom. The van der Waals surface area contributed by atoms with Gasteiger partial charge in [-0.15, -0.1) is 0 Å². The largest absolute Gasteiger partial charge is 0.390 e. The van der Waals surface area contributed by atoms with Gasteiger partial charge >= 0.3 is 0 Å². The monoisotopic (exact) mass is 604 g/mol. The number of halogens is 1. The molecule has 244 valence electrons. The normalized spacial score (nSPS) is 53.0. The van der Waals surface area contributed by atoms with Gasteiger partial charge in [-0.1, -0.05) is 60.1 Å². The number of ketones is 1. The minimum Gasteiger partial charge on any atom is -0.390 e. The molecule has 6 nitrogen and oxygen atoms in total. The van der Waals surface area contributed by atoms with Crippen LogP contribution in [0.4, 0.5) is 4.39 Å². The van der Waals surface area contributed by atoms with Crippen LogP contribution in [0.5, 0.6) is 0 Å². The van der Waals surface area contributed by atoms with Crippen molar-refractivity contribution >= 4 is 5.78 Å². The first-order valence-electron chi connectivity index (χ1n) is 17.1. The molecule has 5 fully saturated rings. The van der Waals surface area contributed by atoms with Crippen molar-refractivity contribution in [1.82, 2.24) is 0 Å². The molecule has 0 aromatic carbocycles. The number of aliphatic hydroxyl groups excluding tert-OH is 4. The molecule has 13 atom stereocenters. The summed E-state index contributed by atoms with van der Waals surface area (Å²) in [5.74, 6) is 1.34. The highest BCUT2D eigenvalue weighted by molar-refractivity contribution is 5.85. The topological polar surface area (TPSA) is 107 Å². The van der Waals surface area contributed by atoms with Crippen molar-refractivity contribution in [2.24, 2.45) is 50.2 Å². The second-order valence-corrected chi connectivity index (χ2v) is 17.8. The molecule has 6 aliphatic rings. The van der Waals surface area contributed by atoms with Crippen molar-refractivity contribution in [1.29, 1.82) is 0 Å². The molecule has 0 aromatic heterocycles. The van der Waals surface area contributed by atoms with Gasteiger partial charge in [-0.2, -0.15) is 0 Å². The van der Waals surface area contributed by atoms with Gasteiger partial charge in [0.2, 0.25) is 0 Å². The fourth-order valence-electron chi connectivity index (χ4n) is 12.3. The Balaban J connectivity index is 1.40. The summed E-state index contributed by atoms with van der Waals surface area (Å²) < 4.78 is 19.7. The molecule has 4 N–H and O–H groups in total. The molecule has 7 heteroatoms. The van der Waals surface area contributed by atoms with Crippen LogP contribution in [0.2, 0.25) is 0 Å². The smallest absolute Gasteiger partial charge is 0.138 e. The highest BCUT2D eigenvalue weighted by atomic mass is 19.1. The third-order valence-electron chi connectivity index (χ3n) is 15.3. The highest BCUT2D eigenvalue weighted by Gasteiger charge is 2.69. The molecule has 0 amide bonds. The third kappa shape index (κ3) is 4.22. The molecule has 0 spiro atoms. The Morgan fingerprint density at radius 1 is 0.907 bits per heavy atom. The number of fused-ring (bicyclic) bond motifs is 7. The van der Waals surface area contributed by atoms with Crippen molar-refractivity contribution in [3.8, 4) is 0 Å². The van der Waals surface area contributed by atoms with E-state index in [1.807, 2.05) is 0 Å². The van der Waals surface area contributed by atoms with Gasteiger partial charge in [0, 0.05) is 17.3 Å². The maximum absolute atomic E-state index is 13.8. The fourth-order valence-corrected chi connectivity index (χ4v) is 12.3. The number of alkyl halides is 1. The van der Waals surface area contributed by atoms with Crippen LogP contribution in [0.15, 0.2) is 11.6 Å². The lowest BCUT2D eigenvalue weighted by molar-refractivity contribution is -0.269. The Bertz CT molecular complexity index is 1160. The van der Waals surface area contributed by atoms with Crippen molar-refractivity contribution < 1.29 is 34.3 Å². The molecule has 1 heterocycles. The van der Waals surface area contributed by atoms with E-state index in [-0.39, 0.29) is 33.0 Å². The van der Waals surface area contributed by atoms with E-state index in [1.165, 1.54) is 5.57 Å². The lowest BCUT2D eigenvalue weighted by Gasteiger charge is -2.71. The molecule has 0 aromatic rings. The summed E-state index contributed by atoms with van der Waals surface area (Å²) in [7, 11) is 0. The van der Waals surface area contributed by atoms with E-state index in [1.54, 1.807) is 0 Å². The summed E-state index contributed by atoms with van der Waals surface area (Å²) in [5.41, 5.74) is 0.718. The van der Waals surface area contributed by atoms with E-state index in [0.29, 0.717) is 24.0 Å². The van der Waals surface area contributed by atoms with Crippen molar-refractivity contribution in [3.63, 3.8) is 0 Å². The summed E-state index contributed by atoms with van der Waals surface area (Å²) in [4.78, 5) is 13.1. The Hall–Kier alpha value is -0.860. The van der Waals surface area contributed by atoms with Gasteiger partial charge < -0.3 is 25.2 Å². The SMILES string of the molecule is CC1(C)CC[C@]2(C(O)C3OC(CF)[C@@H](O)[C@H](O)[C@@H]3O)CC[C@]3(C)C(=CCC4[C@@]5(C)CCC(=O)C(C)(C)C5CC[C@]43C)C2C1. The van der Waals surface area contributed by atoms with E-state index >= 15 is 0 Å². The average Bonchev–Trinajstić information content (AvgIpc) is 2.94. The zero-order valence-corrected chi connectivity index (χ0v) is 27.5.